The zero-order chi connectivity index (χ0) is 4.99. The van der Waals surface area contributed by atoms with Gasteiger partial charge in [-0.1, -0.05) is 13.8 Å². The van der Waals surface area contributed by atoms with Gasteiger partial charge in [0.25, 0.3) is 0 Å². The first kappa shape index (κ1) is 1.41. The van der Waals surface area contributed by atoms with Crippen LogP contribution in [0.1, 0.15) is 16.5 Å². The monoisotopic (exact) mass is 61.1 g/mol. The predicted octanol–water partition coefficient (Wildman–Crippen LogP) is 0.354. The molecule has 0 atom stereocenters. The molecule has 1 heteroatoms. The largest absolute Gasteiger partial charge is 0.328 e. The van der Waals surface area contributed by atoms with Crippen molar-refractivity contribution in [3.05, 3.63) is 0 Å². The van der Waals surface area contributed by atoms with E-state index in [0.717, 1.165) is 0 Å². The molecule has 0 aromatic rings. The van der Waals surface area contributed by atoms with E-state index < -0.39 is 0 Å². The van der Waals surface area contributed by atoms with Crippen LogP contribution < -0.4 is 5.73 Å². The summed E-state index contributed by atoms with van der Waals surface area (Å²) in [6.45, 7) is 0.340. The van der Waals surface area contributed by atoms with E-state index in [1.807, 2.05) is 0 Å². The minimum absolute atomic E-state index is 0.170. The normalized spacial score (nSPS) is 15.5. The molecular formula is C3H9N. The molecule has 0 saturated heterocycles. The summed E-state index contributed by atoms with van der Waals surface area (Å²) in [7, 11) is 0. The van der Waals surface area contributed by atoms with Crippen molar-refractivity contribution in [2.75, 3.05) is 0 Å². The van der Waals surface area contributed by atoms with Crippen molar-refractivity contribution in [1.82, 2.24) is 0 Å². The summed E-state index contributed by atoms with van der Waals surface area (Å²) in [4.78, 5) is 0. The highest BCUT2D eigenvalue weighted by molar-refractivity contribution is 4.32. The van der Waals surface area contributed by atoms with Gasteiger partial charge >= 0.3 is 0 Å². The maximum absolute atomic E-state index is 6.56. The Morgan fingerprint density at radius 1 is 2.00 bits per heavy atom. The van der Waals surface area contributed by atoms with Gasteiger partial charge in [-0.25, -0.2) is 0 Å². The molecule has 0 heterocycles. The van der Waals surface area contributed by atoms with Crippen LogP contribution in [0.4, 0.5) is 0 Å². The first-order valence-electron chi connectivity index (χ1n) is 2.56. The zero-order valence-electron chi connectivity index (χ0n) is 4.57. The summed E-state index contributed by atoms with van der Waals surface area (Å²) in [6, 6.07) is -0.231. The molecule has 0 bridgehead atoms. The summed E-state index contributed by atoms with van der Waals surface area (Å²) >= 11 is 0. The Hall–Kier alpha value is -0.0400. The van der Waals surface area contributed by atoms with Crippen molar-refractivity contribution in [3.8, 4) is 0 Å². The molecule has 0 fully saturated rings. The Labute approximate surface area is 29.6 Å². The van der Waals surface area contributed by atoms with Gasteiger partial charge in [0.1, 0.15) is 0 Å². The van der Waals surface area contributed by atoms with Crippen LogP contribution >= 0.6 is 0 Å². The minimum atomic E-state index is -0.231. The van der Waals surface area contributed by atoms with Crippen LogP contribution in [0.2, 0.25) is 0 Å². The minimum Gasteiger partial charge on any atom is -0.328 e. The average Bonchev–Trinajstić information content (AvgIpc) is 1.65. The third-order valence-electron chi connectivity index (χ3n) is 0. The fourth-order valence-corrected chi connectivity index (χ4v) is 0. The Bertz CT molecular complexity index is 28.0. The fourth-order valence-electron chi connectivity index (χ4n) is 0. The Kier molecular flexibility index (Phi) is 0.458. The lowest BCUT2D eigenvalue weighted by molar-refractivity contribution is 0.834. The first-order valence-corrected chi connectivity index (χ1v) is 1.15. The Morgan fingerprint density at radius 2 is 2.50 bits per heavy atom. The molecule has 0 aromatic carbocycles. The summed E-state index contributed by atoms with van der Waals surface area (Å²) < 4.78 is 13.1. The molecule has 2 N–H and O–H groups in total. The highest BCUT2D eigenvalue weighted by Crippen LogP contribution is 1.58. The highest BCUT2D eigenvalue weighted by Gasteiger charge is 1.67. The second kappa shape index (κ2) is 1.30. The van der Waals surface area contributed by atoms with E-state index in [9.17, 15) is 0 Å². The molecule has 0 aromatic heterocycles. The molecule has 1 nitrogen and oxygen atoms in total. The summed E-state index contributed by atoms with van der Waals surface area (Å²) in [5, 5.41) is 0. The third kappa shape index (κ3) is 1130. The first-order chi connectivity index (χ1) is 2.81. The molecule has 0 aliphatic rings. The number of hydrogen-bond acceptors (Lipinski definition) is 1. The molecule has 0 unspecified atom stereocenters. The van der Waals surface area contributed by atoms with Crippen molar-refractivity contribution in [2.24, 2.45) is 5.73 Å². The Balaban J connectivity index is 2.75. The SMILES string of the molecule is [2H]CC(N)C[2H]. The van der Waals surface area contributed by atoms with Gasteiger partial charge in [0.05, 0.1) is 0 Å². The van der Waals surface area contributed by atoms with Gasteiger partial charge in [-0.2, -0.15) is 0 Å². The van der Waals surface area contributed by atoms with E-state index in [2.05, 4.69) is 0 Å². The van der Waals surface area contributed by atoms with Crippen LogP contribution in [0, 0.1) is 0 Å². The van der Waals surface area contributed by atoms with E-state index in [1.54, 1.807) is 0 Å². The summed E-state index contributed by atoms with van der Waals surface area (Å²) in [5.41, 5.74) is 5.10. The second-order valence-electron chi connectivity index (χ2n) is 0.760. The van der Waals surface area contributed by atoms with Gasteiger partial charge in [0.15, 0.2) is 0 Å². The van der Waals surface area contributed by atoms with Crippen LogP contribution in [-0.4, -0.2) is 6.04 Å². The predicted molar refractivity (Wildman–Crippen MR) is 19.3 cm³/mol. The molecule has 0 rings (SSSR count). The number of hydrogen-bond donors (Lipinski definition) is 1. The Morgan fingerprint density at radius 3 is 2.50 bits per heavy atom. The fraction of sp³-hybridized carbons (Fsp3) is 1.00. The van der Waals surface area contributed by atoms with E-state index >= 15 is 0 Å². The van der Waals surface area contributed by atoms with Crippen molar-refractivity contribution >= 4 is 0 Å². The lowest BCUT2D eigenvalue weighted by Crippen LogP contribution is -2.06. The van der Waals surface area contributed by atoms with E-state index in [4.69, 9.17) is 8.48 Å². The van der Waals surface area contributed by atoms with Crippen LogP contribution in [0.5, 0.6) is 0 Å². The van der Waals surface area contributed by atoms with E-state index in [1.165, 1.54) is 0 Å². The molecule has 0 spiro atoms. The maximum Gasteiger partial charge on any atom is 0.0246 e. The molecule has 0 radical (unpaired) electrons. The molecule has 4 heavy (non-hydrogen) atoms. The molecule has 0 aliphatic heterocycles. The van der Waals surface area contributed by atoms with Gasteiger partial charge in [-0.15, -0.1) is 0 Å². The third-order valence-corrected chi connectivity index (χ3v) is 0. The van der Waals surface area contributed by atoms with Gasteiger partial charge in [-0.3, -0.25) is 0 Å². The smallest absolute Gasteiger partial charge is 0.0246 e. The summed E-state index contributed by atoms with van der Waals surface area (Å²) in [6.07, 6.45) is 0. The zero-order valence-corrected chi connectivity index (χ0v) is 2.57. The maximum atomic E-state index is 6.56. The number of nitrogens with two attached hydrogens (primary N) is 1. The lowest BCUT2D eigenvalue weighted by Gasteiger charge is -1.81. The highest BCUT2D eigenvalue weighted by atomic mass is 14.6. The van der Waals surface area contributed by atoms with Crippen LogP contribution in [-0.2, 0) is 0 Å². The van der Waals surface area contributed by atoms with E-state index in [-0.39, 0.29) is 19.8 Å². The molecule has 26 valence electrons. The topological polar surface area (TPSA) is 26.0 Å². The van der Waals surface area contributed by atoms with Gasteiger partial charge < -0.3 is 5.73 Å². The van der Waals surface area contributed by atoms with Crippen molar-refractivity contribution in [1.29, 1.82) is 0 Å². The van der Waals surface area contributed by atoms with Crippen LogP contribution in [0.15, 0.2) is 0 Å². The van der Waals surface area contributed by atoms with E-state index in [0.29, 0.717) is 0 Å². The van der Waals surface area contributed by atoms with Gasteiger partial charge in [-0.05, 0) is 6.04 Å². The van der Waals surface area contributed by atoms with Crippen molar-refractivity contribution in [2.45, 2.75) is 19.8 Å². The van der Waals surface area contributed by atoms with Crippen LogP contribution in [0.25, 0.3) is 0 Å². The lowest BCUT2D eigenvalue weighted by atomic mass is 10.5. The standard InChI is InChI=1S/C3H9N/c1-3(2)4/h3H,4H2,1-2H3/i1D,2D. The van der Waals surface area contributed by atoms with Crippen molar-refractivity contribution < 1.29 is 2.74 Å². The number of rotatable bonds is 0. The second-order valence-corrected chi connectivity index (χ2v) is 0.760. The quantitative estimate of drug-likeness (QED) is 0.430. The average molecular weight is 61.1 g/mol. The molecule has 0 saturated carbocycles. The molecule has 0 amide bonds. The van der Waals surface area contributed by atoms with Crippen molar-refractivity contribution in [3.63, 3.8) is 0 Å². The van der Waals surface area contributed by atoms with Gasteiger partial charge in [0.2, 0.25) is 0 Å². The van der Waals surface area contributed by atoms with Gasteiger partial charge in [0, 0.05) is 2.74 Å². The molecule has 0 aliphatic carbocycles. The summed E-state index contributed by atoms with van der Waals surface area (Å²) in [5.74, 6) is 0. The van der Waals surface area contributed by atoms with Crippen LogP contribution in [0.3, 0.4) is 0 Å². The molecular weight excluding hydrogens is 50.0 g/mol.